The fraction of sp³-hybridized carbons (Fsp3) is 0.519. The van der Waals surface area contributed by atoms with Crippen molar-refractivity contribution in [2.75, 3.05) is 30.3 Å². The number of carboxylic acids is 1. The Bertz CT molecular complexity index is 1260. The van der Waals surface area contributed by atoms with Crippen LogP contribution in [-0.4, -0.2) is 52.9 Å². The molecule has 210 valence electrons. The highest BCUT2D eigenvalue weighted by atomic mass is 35.5. The maximum absolute atomic E-state index is 14.4. The number of nitrogens with one attached hydrogen (secondary N) is 1. The van der Waals surface area contributed by atoms with Crippen molar-refractivity contribution >= 4 is 34.9 Å². The number of halogens is 4. The number of alkyl halides is 3. The molecule has 0 amide bonds. The van der Waals surface area contributed by atoms with Crippen LogP contribution in [0.4, 0.5) is 24.9 Å². The van der Waals surface area contributed by atoms with Crippen LogP contribution in [0, 0.1) is 5.41 Å². The summed E-state index contributed by atoms with van der Waals surface area (Å²) >= 11 is 6.19. The zero-order valence-electron chi connectivity index (χ0n) is 21.3. The first kappa shape index (κ1) is 27.5. The number of hydrogen-bond donors (Lipinski definition) is 3. The Kier molecular flexibility index (Phi) is 7.65. The molecule has 2 unspecified atom stereocenters. The molecule has 1 aromatic heterocycles. The number of piperidine rings is 1. The molecule has 8 nitrogen and oxygen atoms in total. The largest absolute Gasteiger partial charge is 0.480 e. The Labute approximate surface area is 229 Å². The number of aliphatic carboxylic acids is 1. The molecule has 3 aliphatic rings. The normalized spacial score (nSPS) is 22.0. The number of aromatic nitrogens is 2. The van der Waals surface area contributed by atoms with Gasteiger partial charge in [-0.15, -0.1) is 0 Å². The van der Waals surface area contributed by atoms with Crippen molar-refractivity contribution in [3.05, 3.63) is 46.5 Å². The lowest BCUT2D eigenvalue weighted by Gasteiger charge is -2.39. The third kappa shape index (κ3) is 6.09. The van der Waals surface area contributed by atoms with E-state index in [0.717, 1.165) is 37.7 Å². The standard InChI is InChI=1S/C27H31ClF3N5O3/c28-17-6-7-18(19(12-17)16-4-2-1-3-5-16)23(27(29,30)31)39-22-13-21(34-25(32)35-22)36-10-8-26(9-11-36)14-20(24(37)38)33-15-26/h4,6-7,12-13,20,23,33H,1-3,5,8-11,14-15H2,(H,37,38)(H2,32,34,35). The quantitative estimate of drug-likeness (QED) is 0.427. The molecule has 1 aromatic carbocycles. The van der Waals surface area contributed by atoms with E-state index in [1.54, 1.807) is 6.07 Å². The van der Waals surface area contributed by atoms with Gasteiger partial charge in [-0.25, -0.2) is 0 Å². The minimum absolute atomic E-state index is 0.0274. The summed E-state index contributed by atoms with van der Waals surface area (Å²) in [5, 5.41) is 12.7. The van der Waals surface area contributed by atoms with Gasteiger partial charge in [0.15, 0.2) is 0 Å². The number of nitrogens with zero attached hydrogens (tertiary/aromatic N) is 3. The van der Waals surface area contributed by atoms with Crippen molar-refractivity contribution < 1.29 is 27.8 Å². The first-order valence-corrected chi connectivity index (χ1v) is 13.5. The van der Waals surface area contributed by atoms with Gasteiger partial charge >= 0.3 is 12.1 Å². The molecule has 12 heteroatoms. The van der Waals surface area contributed by atoms with Crippen LogP contribution in [-0.2, 0) is 4.79 Å². The van der Waals surface area contributed by atoms with Gasteiger partial charge in [-0.3, -0.25) is 4.79 Å². The lowest BCUT2D eigenvalue weighted by molar-refractivity contribution is -0.198. The van der Waals surface area contributed by atoms with E-state index in [9.17, 15) is 23.1 Å². The van der Waals surface area contributed by atoms with E-state index in [0.29, 0.717) is 48.9 Å². The number of anilines is 2. The Hall–Kier alpha value is -3.05. The predicted molar refractivity (Wildman–Crippen MR) is 142 cm³/mol. The summed E-state index contributed by atoms with van der Waals surface area (Å²) in [4.78, 5) is 21.5. The first-order chi connectivity index (χ1) is 18.5. The van der Waals surface area contributed by atoms with E-state index in [2.05, 4.69) is 15.3 Å². The number of nitrogen functional groups attached to an aromatic ring is 1. The van der Waals surface area contributed by atoms with Gasteiger partial charge in [0.25, 0.3) is 0 Å². The van der Waals surface area contributed by atoms with Crippen LogP contribution in [0.2, 0.25) is 5.02 Å². The maximum Gasteiger partial charge on any atom is 0.429 e. The van der Waals surface area contributed by atoms with Gasteiger partial charge in [0.05, 0.1) is 0 Å². The molecule has 0 bridgehead atoms. The smallest absolute Gasteiger partial charge is 0.429 e. The Morgan fingerprint density at radius 1 is 1.23 bits per heavy atom. The van der Waals surface area contributed by atoms with Crippen LogP contribution < -0.4 is 20.7 Å². The number of benzene rings is 1. The summed E-state index contributed by atoms with van der Waals surface area (Å²) in [5.41, 5.74) is 7.01. The summed E-state index contributed by atoms with van der Waals surface area (Å²) in [6.45, 7) is 1.73. The molecule has 4 N–H and O–H groups in total. The SMILES string of the molecule is Nc1nc(OC(c2ccc(Cl)cc2C2=CCCCC2)C(F)(F)F)cc(N2CCC3(CC2)CNC(C(=O)O)C3)n1. The van der Waals surface area contributed by atoms with Crippen LogP contribution in [0.25, 0.3) is 5.57 Å². The molecule has 5 rings (SSSR count). The van der Waals surface area contributed by atoms with Gasteiger partial charge in [-0.05, 0) is 73.6 Å². The predicted octanol–water partition coefficient (Wildman–Crippen LogP) is 5.39. The van der Waals surface area contributed by atoms with Crippen molar-refractivity contribution in [3.63, 3.8) is 0 Å². The second kappa shape index (κ2) is 10.8. The molecule has 0 radical (unpaired) electrons. The highest BCUT2D eigenvalue weighted by molar-refractivity contribution is 6.30. The lowest BCUT2D eigenvalue weighted by Crippen LogP contribution is -2.41. The van der Waals surface area contributed by atoms with Crippen LogP contribution in [0.15, 0.2) is 30.3 Å². The second-order valence-electron chi connectivity index (χ2n) is 10.6. The van der Waals surface area contributed by atoms with E-state index in [-0.39, 0.29) is 22.8 Å². The number of carboxylic acid groups (broad SMARTS) is 1. The highest BCUT2D eigenvalue weighted by Crippen LogP contribution is 2.43. The van der Waals surface area contributed by atoms with Gasteiger partial charge in [0, 0.05) is 36.3 Å². The van der Waals surface area contributed by atoms with E-state index in [1.807, 2.05) is 11.0 Å². The molecule has 0 saturated carbocycles. The maximum atomic E-state index is 14.4. The van der Waals surface area contributed by atoms with Crippen molar-refractivity contribution in [2.45, 2.75) is 63.3 Å². The summed E-state index contributed by atoms with van der Waals surface area (Å²) in [5.74, 6) is -0.946. The molecule has 2 aromatic rings. The van der Waals surface area contributed by atoms with Crippen molar-refractivity contribution in [1.82, 2.24) is 15.3 Å². The van der Waals surface area contributed by atoms with Crippen LogP contribution >= 0.6 is 11.6 Å². The van der Waals surface area contributed by atoms with Crippen LogP contribution in [0.3, 0.4) is 0 Å². The van der Waals surface area contributed by atoms with Crippen molar-refractivity contribution in [3.8, 4) is 5.88 Å². The zero-order chi connectivity index (χ0) is 27.8. The Morgan fingerprint density at radius 2 is 2.00 bits per heavy atom. The number of nitrogens with two attached hydrogens (primary N) is 1. The first-order valence-electron chi connectivity index (χ1n) is 13.1. The highest BCUT2D eigenvalue weighted by Gasteiger charge is 2.46. The van der Waals surface area contributed by atoms with Crippen LogP contribution in [0.5, 0.6) is 5.88 Å². The Morgan fingerprint density at radius 3 is 2.64 bits per heavy atom. The molecule has 2 fully saturated rings. The number of allylic oxidation sites excluding steroid dienone is 2. The number of rotatable bonds is 6. The summed E-state index contributed by atoms with van der Waals surface area (Å²) in [6.07, 6.45) is 0.300. The molecular formula is C27H31ClF3N5O3. The summed E-state index contributed by atoms with van der Waals surface area (Å²) in [7, 11) is 0. The van der Waals surface area contributed by atoms with E-state index < -0.39 is 24.3 Å². The monoisotopic (exact) mass is 565 g/mol. The lowest BCUT2D eigenvalue weighted by atomic mass is 9.76. The van der Waals surface area contributed by atoms with Gasteiger partial charge in [-0.2, -0.15) is 23.1 Å². The van der Waals surface area contributed by atoms with Gasteiger partial charge in [0.1, 0.15) is 11.9 Å². The average molecular weight is 566 g/mol. The minimum Gasteiger partial charge on any atom is -0.480 e. The van der Waals surface area contributed by atoms with Gasteiger partial charge < -0.3 is 25.8 Å². The third-order valence-electron chi connectivity index (χ3n) is 7.98. The molecule has 2 aliphatic heterocycles. The molecule has 2 saturated heterocycles. The molecule has 1 spiro atoms. The number of ether oxygens (including phenoxy) is 1. The fourth-order valence-corrected chi connectivity index (χ4v) is 6.05. The summed E-state index contributed by atoms with van der Waals surface area (Å²) < 4.78 is 48.9. The van der Waals surface area contributed by atoms with E-state index in [4.69, 9.17) is 22.1 Å². The topological polar surface area (TPSA) is 114 Å². The molecule has 39 heavy (non-hydrogen) atoms. The molecular weight excluding hydrogens is 535 g/mol. The van der Waals surface area contributed by atoms with E-state index >= 15 is 0 Å². The molecule has 2 atom stereocenters. The number of carbonyl (C=O) groups is 1. The van der Waals surface area contributed by atoms with E-state index in [1.165, 1.54) is 18.2 Å². The molecule has 3 heterocycles. The second-order valence-corrected chi connectivity index (χ2v) is 11.1. The minimum atomic E-state index is -4.73. The van der Waals surface area contributed by atoms with Gasteiger partial charge in [-0.1, -0.05) is 23.7 Å². The number of hydrogen-bond acceptors (Lipinski definition) is 7. The zero-order valence-corrected chi connectivity index (χ0v) is 22.1. The van der Waals surface area contributed by atoms with Crippen molar-refractivity contribution in [2.24, 2.45) is 5.41 Å². The van der Waals surface area contributed by atoms with Crippen LogP contribution in [0.1, 0.15) is 62.2 Å². The fourth-order valence-electron chi connectivity index (χ4n) is 5.88. The average Bonchev–Trinajstić information content (AvgIpc) is 3.31. The Balaban J connectivity index is 1.39. The molecule has 1 aliphatic carbocycles. The van der Waals surface area contributed by atoms with Gasteiger partial charge in [0.2, 0.25) is 17.9 Å². The van der Waals surface area contributed by atoms with Crippen molar-refractivity contribution in [1.29, 1.82) is 0 Å². The summed E-state index contributed by atoms with van der Waals surface area (Å²) in [6, 6.07) is 5.18. The third-order valence-corrected chi connectivity index (χ3v) is 8.22.